The van der Waals surface area contributed by atoms with Crippen molar-refractivity contribution in [1.82, 2.24) is 19.9 Å². The van der Waals surface area contributed by atoms with Crippen LogP contribution < -0.4 is 11.5 Å². The van der Waals surface area contributed by atoms with E-state index in [0.29, 0.717) is 0 Å². The molecule has 0 aromatic carbocycles. The van der Waals surface area contributed by atoms with Gasteiger partial charge in [-0.3, -0.25) is 0 Å². The van der Waals surface area contributed by atoms with Crippen LogP contribution in [0.3, 0.4) is 0 Å². The molecular weight excluding hydrogens is 170 g/mol. The molecule has 4 N–H and O–H groups in total. The van der Waals surface area contributed by atoms with Crippen molar-refractivity contribution in [2.45, 2.75) is 0 Å². The van der Waals surface area contributed by atoms with Crippen molar-refractivity contribution in [2.75, 3.05) is 25.6 Å². The summed E-state index contributed by atoms with van der Waals surface area (Å²) in [4.78, 5) is 16.8. The fourth-order valence-electron chi connectivity index (χ4n) is 0.622. The summed E-state index contributed by atoms with van der Waals surface area (Å²) in [6, 6.07) is 0. The van der Waals surface area contributed by atoms with Gasteiger partial charge in [-0.1, -0.05) is 0 Å². The first-order valence-corrected chi connectivity index (χ1v) is 3.55. The van der Waals surface area contributed by atoms with E-state index >= 15 is 0 Å². The smallest absolute Gasteiger partial charge is 0.257 e. The van der Waals surface area contributed by atoms with Crippen molar-refractivity contribution < 1.29 is 0 Å². The number of rotatable bonds is 2. The van der Waals surface area contributed by atoms with Gasteiger partial charge >= 0.3 is 0 Å². The monoisotopic (exact) mass is 181 g/mol. The number of nitrogens with zero attached hydrogens (tertiary/aromatic N) is 5. The van der Waals surface area contributed by atoms with Crippen molar-refractivity contribution >= 4 is 24.2 Å². The number of aromatic nitrogens is 3. The summed E-state index contributed by atoms with van der Waals surface area (Å²) < 4.78 is 0. The molecule has 0 aliphatic carbocycles. The highest BCUT2D eigenvalue weighted by Crippen LogP contribution is 2.05. The predicted molar refractivity (Wildman–Crippen MR) is 50.5 cm³/mol. The standard InChI is InChI=1S/C6H11N7/c1-13(2)3-9-6-11-4(7)10-5(8)12-6/h3H,1-2H3,(H4,7,8,10,11,12)/b9-3+. The number of hydrogen-bond acceptors (Lipinski definition) is 6. The highest BCUT2D eigenvalue weighted by Gasteiger charge is 1.98. The van der Waals surface area contributed by atoms with Crippen molar-refractivity contribution in [2.24, 2.45) is 4.99 Å². The maximum absolute atomic E-state index is 5.34. The van der Waals surface area contributed by atoms with Crippen LogP contribution in [0, 0.1) is 0 Å². The quantitative estimate of drug-likeness (QED) is 0.459. The largest absolute Gasteiger partial charge is 0.369 e. The summed E-state index contributed by atoms with van der Waals surface area (Å²) in [6.07, 6.45) is 1.55. The molecule has 1 heterocycles. The number of aliphatic imine (C=N–C) groups is 1. The number of anilines is 2. The third-order valence-electron chi connectivity index (χ3n) is 1.06. The SMILES string of the molecule is CN(C)/C=N/c1nc(N)nc(N)n1. The number of hydrogen-bond donors (Lipinski definition) is 2. The van der Waals surface area contributed by atoms with E-state index in [2.05, 4.69) is 19.9 Å². The first-order chi connectivity index (χ1) is 6.08. The van der Waals surface area contributed by atoms with Crippen LogP contribution in [0.2, 0.25) is 0 Å². The number of nitrogens with two attached hydrogens (primary N) is 2. The molecule has 0 spiro atoms. The molecule has 1 aromatic heterocycles. The van der Waals surface area contributed by atoms with Crippen LogP contribution in [0.4, 0.5) is 17.8 Å². The molecule has 0 aliphatic rings. The summed E-state index contributed by atoms with van der Waals surface area (Å²) in [6.45, 7) is 0. The molecule has 0 saturated carbocycles. The average Bonchev–Trinajstić information content (AvgIpc) is 1.99. The zero-order chi connectivity index (χ0) is 9.84. The Balaban J connectivity index is 2.89. The van der Waals surface area contributed by atoms with Crippen LogP contribution in [0.1, 0.15) is 0 Å². The minimum absolute atomic E-state index is 0.0680. The lowest BCUT2D eigenvalue weighted by atomic mass is 10.8. The van der Waals surface area contributed by atoms with Gasteiger partial charge in [0.05, 0.1) is 6.34 Å². The van der Waals surface area contributed by atoms with Crippen LogP contribution in [0.5, 0.6) is 0 Å². The van der Waals surface area contributed by atoms with Gasteiger partial charge in [0.1, 0.15) is 0 Å². The zero-order valence-electron chi connectivity index (χ0n) is 7.47. The molecule has 0 unspecified atom stereocenters. The Hall–Kier alpha value is -1.92. The maximum Gasteiger partial charge on any atom is 0.257 e. The molecule has 13 heavy (non-hydrogen) atoms. The van der Waals surface area contributed by atoms with Gasteiger partial charge in [0.15, 0.2) is 0 Å². The third-order valence-corrected chi connectivity index (χ3v) is 1.06. The Morgan fingerprint density at radius 3 is 2.15 bits per heavy atom. The second kappa shape index (κ2) is 3.65. The van der Waals surface area contributed by atoms with E-state index in [1.54, 1.807) is 11.2 Å². The normalized spacial score (nSPS) is 10.6. The molecule has 1 rings (SSSR count). The van der Waals surface area contributed by atoms with Crippen LogP contribution in [-0.4, -0.2) is 40.3 Å². The lowest BCUT2D eigenvalue weighted by Gasteiger charge is -2.01. The van der Waals surface area contributed by atoms with E-state index in [0.717, 1.165) is 0 Å². The first-order valence-electron chi connectivity index (χ1n) is 3.55. The van der Waals surface area contributed by atoms with Crippen molar-refractivity contribution in [3.8, 4) is 0 Å². The van der Waals surface area contributed by atoms with Gasteiger partial charge in [0.25, 0.3) is 5.95 Å². The van der Waals surface area contributed by atoms with Gasteiger partial charge in [-0.2, -0.15) is 15.0 Å². The van der Waals surface area contributed by atoms with Crippen molar-refractivity contribution in [3.63, 3.8) is 0 Å². The van der Waals surface area contributed by atoms with E-state index in [9.17, 15) is 0 Å². The summed E-state index contributed by atoms with van der Waals surface area (Å²) in [7, 11) is 3.66. The average molecular weight is 181 g/mol. The lowest BCUT2D eigenvalue weighted by molar-refractivity contribution is 0.642. The van der Waals surface area contributed by atoms with Gasteiger partial charge in [0.2, 0.25) is 11.9 Å². The van der Waals surface area contributed by atoms with E-state index in [1.165, 1.54) is 0 Å². The molecule has 0 amide bonds. The predicted octanol–water partition coefficient (Wildman–Crippen LogP) is -0.743. The second-order valence-electron chi connectivity index (χ2n) is 2.56. The Morgan fingerprint density at radius 2 is 1.69 bits per heavy atom. The van der Waals surface area contributed by atoms with Crippen LogP contribution in [-0.2, 0) is 0 Å². The second-order valence-corrected chi connectivity index (χ2v) is 2.56. The molecule has 0 bridgehead atoms. The molecule has 7 nitrogen and oxygen atoms in total. The van der Waals surface area contributed by atoms with Crippen LogP contribution in [0.15, 0.2) is 4.99 Å². The van der Waals surface area contributed by atoms with E-state index in [-0.39, 0.29) is 17.8 Å². The Bertz CT molecular complexity index is 299. The minimum Gasteiger partial charge on any atom is -0.369 e. The van der Waals surface area contributed by atoms with Crippen molar-refractivity contribution in [1.29, 1.82) is 0 Å². The highest BCUT2D eigenvalue weighted by molar-refractivity contribution is 5.58. The molecular formula is C6H11N7. The molecule has 0 atom stereocenters. The zero-order valence-corrected chi connectivity index (χ0v) is 7.47. The lowest BCUT2D eigenvalue weighted by Crippen LogP contribution is -2.08. The molecule has 0 aliphatic heterocycles. The van der Waals surface area contributed by atoms with Gasteiger partial charge in [-0.05, 0) is 0 Å². The maximum atomic E-state index is 5.34. The van der Waals surface area contributed by atoms with Gasteiger partial charge in [-0.25, -0.2) is 4.99 Å². The molecule has 7 heteroatoms. The summed E-state index contributed by atoms with van der Waals surface area (Å²) in [5.74, 6) is 0.343. The fourth-order valence-corrected chi connectivity index (χ4v) is 0.622. The Kier molecular flexibility index (Phi) is 2.58. The Labute approximate surface area is 75.5 Å². The van der Waals surface area contributed by atoms with Crippen molar-refractivity contribution in [3.05, 3.63) is 0 Å². The fraction of sp³-hybridized carbons (Fsp3) is 0.333. The molecule has 1 aromatic rings. The minimum atomic E-state index is 0.0680. The molecule has 0 radical (unpaired) electrons. The van der Waals surface area contributed by atoms with Crippen LogP contribution >= 0.6 is 0 Å². The topological polar surface area (TPSA) is 106 Å². The first kappa shape index (κ1) is 9.17. The van der Waals surface area contributed by atoms with Gasteiger partial charge < -0.3 is 16.4 Å². The molecule has 70 valence electrons. The van der Waals surface area contributed by atoms with Crippen LogP contribution in [0.25, 0.3) is 0 Å². The van der Waals surface area contributed by atoms with E-state index < -0.39 is 0 Å². The van der Waals surface area contributed by atoms with Gasteiger partial charge in [-0.15, -0.1) is 0 Å². The summed E-state index contributed by atoms with van der Waals surface area (Å²) >= 11 is 0. The third kappa shape index (κ3) is 2.89. The van der Waals surface area contributed by atoms with E-state index in [4.69, 9.17) is 11.5 Å². The molecule has 0 fully saturated rings. The molecule has 0 saturated heterocycles. The summed E-state index contributed by atoms with van der Waals surface area (Å²) in [5, 5.41) is 0. The Morgan fingerprint density at radius 1 is 1.15 bits per heavy atom. The van der Waals surface area contributed by atoms with E-state index in [1.807, 2.05) is 14.1 Å². The van der Waals surface area contributed by atoms with Gasteiger partial charge in [0, 0.05) is 14.1 Å². The highest BCUT2D eigenvalue weighted by atomic mass is 15.2. The number of nitrogen functional groups attached to an aromatic ring is 2. The summed E-state index contributed by atoms with van der Waals surface area (Å²) in [5.41, 5.74) is 10.7.